The van der Waals surface area contributed by atoms with Gasteiger partial charge in [-0.15, -0.1) is 0 Å². The molecule has 0 radical (unpaired) electrons. The van der Waals surface area contributed by atoms with Crippen molar-refractivity contribution in [1.29, 1.82) is 0 Å². The lowest BCUT2D eigenvalue weighted by molar-refractivity contribution is 0.738. The van der Waals surface area contributed by atoms with E-state index in [0.29, 0.717) is 0 Å². The van der Waals surface area contributed by atoms with Gasteiger partial charge in [0.05, 0.1) is 0 Å². The van der Waals surface area contributed by atoms with Crippen LogP contribution in [0.3, 0.4) is 0 Å². The SMILES string of the molecule is Cn1cc(C2=CCNCC2)c2cc(N)ccc21. The maximum Gasteiger partial charge on any atom is 0.0485 e. The number of rotatable bonds is 1. The van der Waals surface area contributed by atoms with Crippen LogP contribution < -0.4 is 11.1 Å². The first-order chi connectivity index (χ1) is 8.25. The zero-order valence-electron chi connectivity index (χ0n) is 10.0. The monoisotopic (exact) mass is 227 g/mol. The van der Waals surface area contributed by atoms with Crippen LogP contribution in [-0.2, 0) is 7.05 Å². The first-order valence-electron chi connectivity index (χ1n) is 6.00. The van der Waals surface area contributed by atoms with E-state index in [9.17, 15) is 0 Å². The Morgan fingerprint density at radius 1 is 1.35 bits per heavy atom. The van der Waals surface area contributed by atoms with Gasteiger partial charge in [0.1, 0.15) is 0 Å². The van der Waals surface area contributed by atoms with E-state index in [1.54, 1.807) is 0 Å². The molecular weight excluding hydrogens is 210 g/mol. The van der Waals surface area contributed by atoms with Crippen molar-refractivity contribution in [2.45, 2.75) is 6.42 Å². The Morgan fingerprint density at radius 3 is 3.00 bits per heavy atom. The number of nitrogens with two attached hydrogens (primary N) is 1. The van der Waals surface area contributed by atoms with Crippen molar-refractivity contribution in [3.63, 3.8) is 0 Å². The lowest BCUT2D eigenvalue weighted by Crippen LogP contribution is -2.19. The number of benzene rings is 1. The minimum Gasteiger partial charge on any atom is -0.399 e. The third kappa shape index (κ3) is 1.72. The predicted molar refractivity (Wildman–Crippen MR) is 72.8 cm³/mol. The summed E-state index contributed by atoms with van der Waals surface area (Å²) in [5, 5.41) is 4.61. The van der Waals surface area contributed by atoms with Crippen LogP contribution in [0, 0.1) is 0 Å². The molecule has 0 bridgehead atoms. The van der Waals surface area contributed by atoms with E-state index in [4.69, 9.17) is 5.73 Å². The van der Waals surface area contributed by atoms with Gasteiger partial charge in [-0.3, -0.25) is 0 Å². The molecule has 1 aliphatic heterocycles. The summed E-state index contributed by atoms with van der Waals surface area (Å²) in [6.45, 7) is 2.03. The zero-order valence-corrected chi connectivity index (χ0v) is 10.0. The van der Waals surface area contributed by atoms with Crippen LogP contribution in [0.1, 0.15) is 12.0 Å². The second kappa shape index (κ2) is 3.93. The number of aryl methyl sites for hydroxylation is 1. The Bertz CT molecular complexity index is 593. The molecule has 0 spiro atoms. The molecule has 0 saturated heterocycles. The van der Waals surface area contributed by atoms with Crippen LogP contribution in [0.15, 0.2) is 30.5 Å². The summed E-state index contributed by atoms with van der Waals surface area (Å²) in [5.41, 5.74) is 10.7. The molecule has 0 amide bonds. The van der Waals surface area contributed by atoms with Gasteiger partial charge in [0.15, 0.2) is 0 Å². The van der Waals surface area contributed by atoms with Crippen LogP contribution in [0.25, 0.3) is 16.5 Å². The van der Waals surface area contributed by atoms with E-state index >= 15 is 0 Å². The van der Waals surface area contributed by atoms with E-state index < -0.39 is 0 Å². The van der Waals surface area contributed by atoms with Gasteiger partial charge in [0, 0.05) is 41.9 Å². The summed E-state index contributed by atoms with van der Waals surface area (Å²) in [5.74, 6) is 0. The zero-order chi connectivity index (χ0) is 11.8. The van der Waals surface area contributed by atoms with E-state index in [1.807, 2.05) is 6.07 Å². The fraction of sp³-hybridized carbons (Fsp3) is 0.286. The van der Waals surface area contributed by atoms with E-state index in [2.05, 4.69) is 41.3 Å². The molecule has 1 aromatic carbocycles. The van der Waals surface area contributed by atoms with Crippen LogP contribution in [0.2, 0.25) is 0 Å². The van der Waals surface area contributed by atoms with Gasteiger partial charge in [-0.1, -0.05) is 6.08 Å². The van der Waals surface area contributed by atoms with E-state index in [-0.39, 0.29) is 0 Å². The van der Waals surface area contributed by atoms with Crippen molar-refractivity contribution in [2.75, 3.05) is 18.8 Å². The maximum atomic E-state index is 5.89. The lowest BCUT2D eigenvalue weighted by Gasteiger charge is -2.13. The van der Waals surface area contributed by atoms with Crippen molar-refractivity contribution in [2.24, 2.45) is 7.05 Å². The van der Waals surface area contributed by atoms with Crippen molar-refractivity contribution in [1.82, 2.24) is 9.88 Å². The summed E-state index contributed by atoms with van der Waals surface area (Å²) < 4.78 is 2.17. The summed E-state index contributed by atoms with van der Waals surface area (Å²) >= 11 is 0. The maximum absolute atomic E-state index is 5.89. The molecule has 3 nitrogen and oxygen atoms in total. The van der Waals surface area contributed by atoms with Gasteiger partial charge < -0.3 is 15.6 Å². The smallest absolute Gasteiger partial charge is 0.0485 e. The minimum atomic E-state index is 0.833. The average Bonchev–Trinajstić information content (AvgIpc) is 2.67. The average molecular weight is 227 g/mol. The Kier molecular flexibility index (Phi) is 2.41. The minimum absolute atomic E-state index is 0.833. The standard InChI is InChI=1S/C14H17N3/c1-17-9-13(10-4-6-16-7-5-10)12-8-11(15)2-3-14(12)17/h2-4,8-9,16H,5-7,15H2,1H3. The summed E-state index contributed by atoms with van der Waals surface area (Å²) in [6.07, 6.45) is 5.58. The Hall–Kier alpha value is -1.74. The molecule has 3 heteroatoms. The molecule has 1 aliphatic rings. The number of anilines is 1. The van der Waals surface area contributed by atoms with Crippen molar-refractivity contribution < 1.29 is 0 Å². The van der Waals surface area contributed by atoms with Crippen LogP contribution >= 0.6 is 0 Å². The number of hydrogen-bond acceptors (Lipinski definition) is 2. The number of aromatic nitrogens is 1. The van der Waals surface area contributed by atoms with Crippen molar-refractivity contribution >= 4 is 22.2 Å². The largest absolute Gasteiger partial charge is 0.399 e. The first kappa shape index (κ1) is 10.4. The molecule has 3 N–H and O–H groups in total. The second-order valence-electron chi connectivity index (χ2n) is 4.61. The fourth-order valence-electron chi connectivity index (χ4n) is 2.53. The van der Waals surface area contributed by atoms with Crippen LogP contribution in [-0.4, -0.2) is 17.7 Å². The second-order valence-corrected chi connectivity index (χ2v) is 4.61. The fourth-order valence-corrected chi connectivity index (χ4v) is 2.53. The molecule has 0 saturated carbocycles. The van der Waals surface area contributed by atoms with Gasteiger partial charge in [0.2, 0.25) is 0 Å². The van der Waals surface area contributed by atoms with Crippen molar-refractivity contribution in [3.05, 3.63) is 36.0 Å². The van der Waals surface area contributed by atoms with Crippen LogP contribution in [0.5, 0.6) is 0 Å². The summed E-state index contributed by atoms with van der Waals surface area (Å²) in [6, 6.07) is 6.13. The molecule has 1 aromatic heterocycles. The Morgan fingerprint density at radius 2 is 2.24 bits per heavy atom. The molecule has 3 rings (SSSR count). The number of fused-ring (bicyclic) bond motifs is 1. The lowest BCUT2D eigenvalue weighted by atomic mass is 9.99. The van der Waals surface area contributed by atoms with Gasteiger partial charge in [-0.25, -0.2) is 0 Å². The number of hydrogen-bond donors (Lipinski definition) is 2. The Labute approximate surface area is 101 Å². The van der Waals surface area contributed by atoms with Gasteiger partial charge in [-0.05, 0) is 36.7 Å². The highest BCUT2D eigenvalue weighted by Gasteiger charge is 2.12. The van der Waals surface area contributed by atoms with Gasteiger partial charge in [0.25, 0.3) is 0 Å². The summed E-state index contributed by atoms with van der Waals surface area (Å²) in [7, 11) is 2.09. The molecular formula is C14H17N3. The molecule has 88 valence electrons. The molecule has 0 fully saturated rings. The molecule has 0 unspecified atom stereocenters. The van der Waals surface area contributed by atoms with E-state index in [1.165, 1.54) is 22.0 Å². The van der Waals surface area contributed by atoms with Crippen LogP contribution in [0.4, 0.5) is 5.69 Å². The molecule has 2 aromatic rings. The number of nitrogens with one attached hydrogen (secondary N) is 1. The Balaban J connectivity index is 2.22. The predicted octanol–water partition coefficient (Wildman–Crippen LogP) is 2.14. The van der Waals surface area contributed by atoms with E-state index in [0.717, 1.165) is 25.2 Å². The molecule has 0 aliphatic carbocycles. The molecule has 2 heterocycles. The van der Waals surface area contributed by atoms with Gasteiger partial charge in [-0.2, -0.15) is 0 Å². The molecule has 17 heavy (non-hydrogen) atoms. The highest BCUT2D eigenvalue weighted by Crippen LogP contribution is 2.30. The third-order valence-electron chi connectivity index (χ3n) is 3.42. The van der Waals surface area contributed by atoms with Gasteiger partial charge >= 0.3 is 0 Å². The normalized spacial score (nSPS) is 16.2. The highest BCUT2D eigenvalue weighted by molar-refractivity contribution is 5.95. The number of nitrogen functional groups attached to an aromatic ring is 1. The third-order valence-corrected chi connectivity index (χ3v) is 3.42. The van der Waals surface area contributed by atoms with Crippen molar-refractivity contribution in [3.8, 4) is 0 Å². The topological polar surface area (TPSA) is 43.0 Å². The first-order valence-corrected chi connectivity index (χ1v) is 6.00. The molecule has 0 atom stereocenters. The summed E-state index contributed by atoms with van der Waals surface area (Å²) in [4.78, 5) is 0. The number of nitrogens with zero attached hydrogens (tertiary/aromatic N) is 1. The highest BCUT2D eigenvalue weighted by atomic mass is 14.9. The quantitative estimate of drug-likeness (QED) is 0.733.